The fourth-order valence-electron chi connectivity index (χ4n) is 2.91. The van der Waals surface area contributed by atoms with Crippen LogP contribution >= 0.6 is 15.9 Å². The lowest BCUT2D eigenvalue weighted by Crippen LogP contribution is -2.55. The molecule has 1 aliphatic heterocycles. The summed E-state index contributed by atoms with van der Waals surface area (Å²) in [7, 11) is 0. The van der Waals surface area contributed by atoms with E-state index in [9.17, 15) is 9.90 Å². The summed E-state index contributed by atoms with van der Waals surface area (Å²) in [6, 6.07) is 17.2. The van der Waals surface area contributed by atoms with Gasteiger partial charge in [-0.25, -0.2) is 4.79 Å². The normalized spacial score (nSPS) is 18.9. The van der Waals surface area contributed by atoms with Gasteiger partial charge in [0.2, 0.25) is 0 Å². The molecule has 3 rings (SSSR count). The van der Waals surface area contributed by atoms with Gasteiger partial charge in [0.15, 0.2) is 5.79 Å². The molecule has 0 aromatic heterocycles. The zero-order valence-electron chi connectivity index (χ0n) is 17.7. The first kappa shape index (κ1) is 24.3. The molecule has 1 aliphatic rings. The van der Waals surface area contributed by atoms with Gasteiger partial charge < -0.3 is 24.6 Å². The molecule has 1 fully saturated rings. The van der Waals surface area contributed by atoms with Crippen LogP contribution in [-0.2, 0) is 22.5 Å². The van der Waals surface area contributed by atoms with Crippen LogP contribution < -0.4 is 0 Å². The number of aliphatic hydroxyl groups is 2. The fraction of sp³-hybridized carbons (Fsp3) is 0.435. The summed E-state index contributed by atoms with van der Waals surface area (Å²) in [4.78, 5) is 13.6. The molecule has 1 unspecified atom stereocenters. The quantitative estimate of drug-likeness (QED) is 0.691. The van der Waals surface area contributed by atoms with Crippen LogP contribution in [0.25, 0.3) is 0 Å². The van der Waals surface area contributed by atoms with E-state index in [4.69, 9.17) is 14.6 Å². The molecule has 0 radical (unpaired) electrons. The van der Waals surface area contributed by atoms with E-state index in [2.05, 4.69) is 15.9 Å². The van der Waals surface area contributed by atoms with Crippen LogP contribution in [0.5, 0.6) is 0 Å². The van der Waals surface area contributed by atoms with Gasteiger partial charge in [0.05, 0.1) is 19.8 Å². The number of hydrogen-bond acceptors (Lipinski definition) is 5. The number of carbonyl (C=O) groups excluding carboxylic acids is 1. The molecule has 1 saturated heterocycles. The molecule has 2 N–H and O–H groups in total. The van der Waals surface area contributed by atoms with Crippen molar-refractivity contribution < 1.29 is 24.5 Å². The molecule has 0 aliphatic carbocycles. The van der Waals surface area contributed by atoms with Crippen LogP contribution in [-0.4, -0.2) is 52.3 Å². The molecule has 1 heterocycles. The maximum atomic E-state index is 12.1. The zero-order chi connectivity index (χ0) is 22.2. The predicted molar refractivity (Wildman–Crippen MR) is 119 cm³/mol. The minimum Gasteiger partial charge on any atom is -0.444 e. The Kier molecular flexibility index (Phi) is 8.85. The van der Waals surface area contributed by atoms with E-state index < -0.39 is 17.5 Å². The number of β-amino-alcohol motifs (C(OH)–C–C–N with tert-alkyl or cyclic N) is 1. The number of carbonyl (C=O) groups is 1. The first-order chi connectivity index (χ1) is 14.1. The first-order valence-electron chi connectivity index (χ1n) is 9.84. The third kappa shape index (κ3) is 8.44. The van der Waals surface area contributed by atoms with Crippen molar-refractivity contribution in [3.63, 3.8) is 0 Å². The van der Waals surface area contributed by atoms with E-state index in [1.807, 2.05) is 75.4 Å². The largest absolute Gasteiger partial charge is 0.444 e. The fourth-order valence-corrected chi connectivity index (χ4v) is 3.35. The number of amides is 1. The van der Waals surface area contributed by atoms with Gasteiger partial charge in [-0.05, 0) is 44.0 Å². The highest BCUT2D eigenvalue weighted by Crippen LogP contribution is 2.22. The van der Waals surface area contributed by atoms with Gasteiger partial charge in [-0.3, -0.25) is 0 Å². The third-order valence-corrected chi connectivity index (χ3v) is 4.71. The standard InChI is InChI=1S/C16H23NO4.C7H7BrO/c1-15(2,3)21-14(18)17-9-10-20-16(19,12-17)11-13-7-5-4-6-8-13;8-7-3-1-2-6(4-7)5-9/h4-8,19H,9-12H2,1-3H3;1-4,9H,5H2. The SMILES string of the molecule is CC(C)(C)OC(=O)N1CCOC(O)(Cc2ccccc2)C1.OCc1cccc(Br)c1. The number of benzene rings is 2. The van der Waals surface area contributed by atoms with Gasteiger partial charge in [0, 0.05) is 17.4 Å². The lowest BCUT2D eigenvalue weighted by molar-refractivity contribution is -0.233. The summed E-state index contributed by atoms with van der Waals surface area (Å²) in [5, 5.41) is 19.2. The predicted octanol–water partition coefficient (Wildman–Crippen LogP) is 4.13. The van der Waals surface area contributed by atoms with Crippen molar-refractivity contribution in [2.75, 3.05) is 19.7 Å². The average molecular weight is 480 g/mol. The number of morpholine rings is 1. The van der Waals surface area contributed by atoms with E-state index >= 15 is 0 Å². The first-order valence-corrected chi connectivity index (χ1v) is 10.6. The monoisotopic (exact) mass is 479 g/mol. The molecule has 1 amide bonds. The van der Waals surface area contributed by atoms with Gasteiger partial charge in [0.25, 0.3) is 0 Å². The number of aliphatic hydroxyl groups excluding tert-OH is 1. The van der Waals surface area contributed by atoms with Gasteiger partial charge in [-0.15, -0.1) is 0 Å². The van der Waals surface area contributed by atoms with Gasteiger partial charge in [0.1, 0.15) is 5.60 Å². The van der Waals surface area contributed by atoms with Gasteiger partial charge in [-0.2, -0.15) is 0 Å². The van der Waals surface area contributed by atoms with E-state index in [1.54, 1.807) is 0 Å². The Morgan fingerprint density at radius 2 is 1.83 bits per heavy atom. The molecule has 7 heteroatoms. The number of rotatable bonds is 3. The van der Waals surface area contributed by atoms with Gasteiger partial charge in [-0.1, -0.05) is 58.4 Å². The van der Waals surface area contributed by atoms with Crippen molar-refractivity contribution in [2.24, 2.45) is 0 Å². The minimum absolute atomic E-state index is 0.108. The maximum Gasteiger partial charge on any atom is 0.410 e. The number of halogens is 1. The zero-order valence-corrected chi connectivity index (χ0v) is 19.3. The highest BCUT2D eigenvalue weighted by molar-refractivity contribution is 9.10. The Morgan fingerprint density at radius 1 is 1.17 bits per heavy atom. The van der Waals surface area contributed by atoms with Crippen molar-refractivity contribution in [1.29, 1.82) is 0 Å². The van der Waals surface area contributed by atoms with Crippen molar-refractivity contribution >= 4 is 22.0 Å². The highest BCUT2D eigenvalue weighted by atomic mass is 79.9. The van der Waals surface area contributed by atoms with E-state index in [1.165, 1.54) is 4.90 Å². The Morgan fingerprint density at radius 3 is 2.40 bits per heavy atom. The summed E-state index contributed by atoms with van der Waals surface area (Å²) in [5.74, 6) is -1.36. The second-order valence-electron chi connectivity index (χ2n) is 8.15. The second kappa shape index (κ2) is 10.9. The smallest absolute Gasteiger partial charge is 0.410 e. The molecule has 2 aromatic carbocycles. The van der Waals surface area contributed by atoms with E-state index in [-0.39, 0.29) is 13.2 Å². The second-order valence-corrected chi connectivity index (χ2v) is 9.06. The summed E-state index contributed by atoms with van der Waals surface area (Å²) in [5.41, 5.74) is 1.35. The van der Waals surface area contributed by atoms with E-state index in [0.29, 0.717) is 19.6 Å². The van der Waals surface area contributed by atoms with Gasteiger partial charge >= 0.3 is 6.09 Å². The summed E-state index contributed by atoms with van der Waals surface area (Å²) < 4.78 is 11.8. The Labute approximate surface area is 186 Å². The Balaban J connectivity index is 0.000000297. The molecule has 6 nitrogen and oxygen atoms in total. The number of hydrogen-bond donors (Lipinski definition) is 2. The molecule has 164 valence electrons. The topological polar surface area (TPSA) is 79.2 Å². The van der Waals surface area contributed by atoms with Crippen LogP contribution in [0.3, 0.4) is 0 Å². The minimum atomic E-state index is -1.36. The molecule has 30 heavy (non-hydrogen) atoms. The highest BCUT2D eigenvalue weighted by Gasteiger charge is 2.38. The lowest BCUT2D eigenvalue weighted by atomic mass is 10.0. The van der Waals surface area contributed by atoms with Crippen molar-refractivity contribution in [1.82, 2.24) is 4.90 Å². The molecule has 0 saturated carbocycles. The molecule has 0 bridgehead atoms. The third-order valence-electron chi connectivity index (χ3n) is 4.22. The van der Waals surface area contributed by atoms with Crippen molar-refractivity contribution in [3.8, 4) is 0 Å². The van der Waals surface area contributed by atoms with Crippen LogP contribution in [0, 0.1) is 0 Å². The van der Waals surface area contributed by atoms with Crippen LogP contribution in [0.2, 0.25) is 0 Å². The summed E-state index contributed by atoms with van der Waals surface area (Å²) in [6.07, 6.45) is -0.0788. The molecule has 1 atom stereocenters. The van der Waals surface area contributed by atoms with Crippen LogP contribution in [0.1, 0.15) is 31.9 Å². The molecule has 2 aromatic rings. The van der Waals surface area contributed by atoms with Crippen LogP contribution in [0.15, 0.2) is 59.1 Å². The Bertz CT molecular complexity index is 809. The average Bonchev–Trinajstić information content (AvgIpc) is 2.67. The number of nitrogens with zero attached hydrogens (tertiary/aromatic N) is 1. The molecule has 0 spiro atoms. The summed E-state index contributed by atoms with van der Waals surface area (Å²) in [6.45, 7) is 6.40. The van der Waals surface area contributed by atoms with Crippen molar-refractivity contribution in [3.05, 3.63) is 70.2 Å². The maximum absolute atomic E-state index is 12.1. The molecular formula is C23H30BrNO5. The lowest BCUT2D eigenvalue weighted by Gasteiger charge is -2.39. The number of ether oxygens (including phenoxy) is 2. The van der Waals surface area contributed by atoms with E-state index in [0.717, 1.165) is 15.6 Å². The van der Waals surface area contributed by atoms with Crippen LogP contribution in [0.4, 0.5) is 4.79 Å². The Hall–Kier alpha value is -1.93. The van der Waals surface area contributed by atoms with Crippen molar-refractivity contribution in [2.45, 2.75) is 45.2 Å². The summed E-state index contributed by atoms with van der Waals surface area (Å²) >= 11 is 3.29. The molecular weight excluding hydrogens is 450 g/mol.